The van der Waals surface area contributed by atoms with E-state index in [2.05, 4.69) is 33.2 Å². The number of hydrogen-bond donors (Lipinski definition) is 1. The molecule has 5 nitrogen and oxygen atoms in total. The molecule has 1 heterocycles. The van der Waals surface area contributed by atoms with Crippen LogP contribution in [0.5, 0.6) is 0 Å². The molecule has 0 amide bonds. The first-order chi connectivity index (χ1) is 8.56. The van der Waals surface area contributed by atoms with Crippen molar-refractivity contribution in [2.24, 2.45) is 0 Å². The van der Waals surface area contributed by atoms with E-state index in [1.165, 1.54) is 0 Å². The summed E-state index contributed by atoms with van der Waals surface area (Å²) >= 11 is 3.38. The number of nitrogens with zero attached hydrogens (tertiary/aromatic N) is 2. The average molecular weight is 314 g/mol. The van der Waals surface area contributed by atoms with E-state index in [0.29, 0.717) is 6.04 Å². The Bertz CT molecular complexity index is 453. The summed E-state index contributed by atoms with van der Waals surface area (Å²) in [7, 11) is 2.11. The van der Waals surface area contributed by atoms with E-state index in [0.717, 1.165) is 36.1 Å². The molecule has 6 heteroatoms. The molecule has 1 saturated heterocycles. The molecule has 1 atom stereocenters. The highest BCUT2D eigenvalue weighted by atomic mass is 79.9. The third kappa shape index (κ3) is 3.28. The second-order valence-electron chi connectivity index (χ2n) is 4.66. The largest absolute Gasteiger partial charge is 0.309 e. The van der Waals surface area contributed by atoms with Gasteiger partial charge in [-0.05, 0) is 31.6 Å². The zero-order valence-corrected chi connectivity index (χ0v) is 11.8. The number of benzene rings is 1. The standard InChI is InChI=1S/C12H16BrN3O2/c1-15-5-4-10(8-15)14-7-9-2-3-11(16(17)18)6-12(9)13/h2-3,6,10,14H,4-5,7-8H2,1H3. The maximum Gasteiger partial charge on any atom is 0.270 e. The van der Waals surface area contributed by atoms with E-state index in [4.69, 9.17) is 0 Å². The highest BCUT2D eigenvalue weighted by Gasteiger charge is 2.19. The zero-order valence-electron chi connectivity index (χ0n) is 10.2. The van der Waals surface area contributed by atoms with Gasteiger partial charge in [0.2, 0.25) is 0 Å². The lowest BCUT2D eigenvalue weighted by atomic mass is 10.2. The maximum atomic E-state index is 10.6. The number of non-ortho nitro benzene ring substituents is 1. The average Bonchev–Trinajstić information content (AvgIpc) is 2.73. The second-order valence-corrected chi connectivity index (χ2v) is 5.52. The van der Waals surface area contributed by atoms with Crippen LogP contribution in [0.25, 0.3) is 0 Å². The van der Waals surface area contributed by atoms with Crippen LogP contribution in [0.4, 0.5) is 5.69 Å². The van der Waals surface area contributed by atoms with Crippen molar-refractivity contribution >= 4 is 21.6 Å². The Morgan fingerprint density at radius 3 is 2.94 bits per heavy atom. The summed E-state index contributed by atoms with van der Waals surface area (Å²) < 4.78 is 0.788. The van der Waals surface area contributed by atoms with E-state index >= 15 is 0 Å². The van der Waals surface area contributed by atoms with Crippen LogP contribution in [0.2, 0.25) is 0 Å². The highest BCUT2D eigenvalue weighted by Crippen LogP contribution is 2.23. The molecule has 1 unspecified atom stereocenters. The van der Waals surface area contributed by atoms with Crippen molar-refractivity contribution in [3.8, 4) is 0 Å². The van der Waals surface area contributed by atoms with Gasteiger partial charge in [0, 0.05) is 35.7 Å². The molecular formula is C12H16BrN3O2. The molecule has 1 aliphatic rings. The molecular weight excluding hydrogens is 298 g/mol. The molecule has 0 aliphatic carbocycles. The maximum absolute atomic E-state index is 10.6. The fraction of sp³-hybridized carbons (Fsp3) is 0.500. The monoisotopic (exact) mass is 313 g/mol. The van der Waals surface area contributed by atoms with Crippen LogP contribution < -0.4 is 5.32 Å². The smallest absolute Gasteiger partial charge is 0.270 e. The summed E-state index contributed by atoms with van der Waals surface area (Å²) in [6.07, 6.45) is 1.15. The number of nitro groups is 1. The van der Waals surface area contributed by atoms with Crippen LogP contribution in [-0.4, -0.2) is 36.0 Å². The van der Waals surface area contributed by atoms with Gasteiger partial charge in [-0.15, -0.1) is 0 Å². The molecule has 0 radical (unpaired) electrons. The minimum Gasteiger partial charge on any atom is -0.309 e. The summed E-state index contributed by atoms with van der Waals surface area (Å²) in [5.41, 5.74) is 1.17. The molecule has 1 aliphatic heterocycles. The van der Waals surface area contributed by atoms with Gasteiger partial charge in [-0.3, -0.25) is 10.1 Å². The van der Waals surface area contributed by atoms with E-state index in [1.807, 2.05) is 0 Å². The number of hydrogen-bond acceptors (Lipinski definition) is 4. The van der Waals surface area contributed by atoms with Crippen molar-refractivity contribution in [3.05, 3.63) is 38.3 Å². The van der Waals surface area contributed by atoms with Gasteiger partial charge in [0.05, 0.1) is 4.92 Å². The van der Waals surface area contributed by atoms with E-state index in [1.54, 1.807) is 18.2 Å². The van der Waals surface area contributed by atoms with E-state index < -0.39 is 0 Å². The van der Waals surface area contributed by atoms with Crippen LogP contribution in [0.1, 0.15) is 12.0 Å². The van der Waals surface area contributed by atoms with Crippen molar-refractivity contribution in [3.63, 3.8) is 0 Å². The van der Waals surface area contributed by atoms with Crippen LogP contribution >= 0.6 is 15.9 Å². The normalized spacial score (nSPS) is 20.2. The number of nitrogens with one attached hydrogen (secondary N) is 1. The van der Waals surface area contributed by atoms with Crippen molar-refractivity contribution in [2.75, 3.05) is 20.1 Å². The minimum atomic E-state index is -0.381. The molecule has 1 fully saturated rings. The molecule has 98 valence electrons. The first kappa shape index (κ1) is 13.5. The van der Waals surface area contributed by atoms with Crippen molar-refractivity contribution in [1.82, 2.24) is 10.2 Å². The Labute approximate surface area is 114 Å². The SMILES string of the molecule is CN1CCC(NCc2ccc([N+](=O)[O-])cc2Br)C1. The lowest BCUT2D eigenvalue weighted by Crippen LogP contribution is -2.31. The molecule has 1 aromatic carbocycles. The van der Waals surface area contributed by atoms with Crippen molar-refractivity contribution < 1.29 is 4.92 Å². The number of likely N-dealkylation sites (tertiary alicyclic amines) is 1. The molecule has 1 aromatic rings. The molecule has 0 saturated carbocycles. The zero-order chi connectivity index (χ0) is 13.1. The second kappa shape index (κ2) is 5.77. The summed E-state index contributed by atoms with van der Waals surface area (Å²) in [5.74, 6) is 0. The minimum absolute atomic E-state index is 0.117. The van der Waals surface area contributed by atoms with Gasteiger partial charge in [0.25, 0.3) is 5.69 Å². The van der Waals surface area contributed by atoms with Gasteiger partial charge >= 0.3 is 0 Å². The van der Waals surface area contributed by atoms with Crippen LogP contribution in [0, 0.1) is 10.1 Å². The number of likely N-dealkylation sites (N-methyl/N-ethyl adjacent to an activating group) is 1. The van der Waals surface area contributed by atoms with E-state index in [-0.39, 0.29) is 10.6 Å². The highest BCUT2D eigenvalue weighted by molar-refractivity contribution is 9.10. The molecule has 0 aromatic heterocycles. The summed E-state index contributed by atoms with van der Waals surface area (Å²) in [6.45, 7) is 2.92. The van der Waals surface area contributed by atoms with Gasteiger partial charge in [-0.1, -0.05) is 15.9 Å². The number of nitro benzene ring substituents is 1. The Hall–Kier alpha value is -0.980. The lowest BCUT2D eigenvalue weighted by Gasteiger charge is -2.13. The quantitative estimate of drug-likeness (QED) is 0.683. The summed E-state index contributed by atoms with van der Waals surface area (Å²) in [6, 6.07) is 5.41. The fourth-order valence-corrected chi connectivity index (χ4v) is 2.66. The first-order valence-corrected chi connectivity index (χ1v) is 6.70. The Morgan fingerprint density at radius 1 is 1.61 bits per heavy atom. The Balaban J connectivity index is 1.95. The predicted molar refractivity (Wildman–Crippen MR) is 73.5 cm³/mol. The Kier molecular flexibility index (Phi) is 4.31. The molecule has 18 heavy (non-hydrogen) atoms. The summed E-state index contributed by atoms with van der Waals surface area (Å²) in [5, 5.41) is 14.1. The lowest BCUT2D eigenvalue weighted by molar-refractivity contribution is -0.384. The van der Waals surface area contributed by atoms with Crippen molar-refractivity contribution in [1.29, 1.82) is 0 Å². The van der Waals surface area contributed by atoms with Gasteiger partial charge in [0.15, 0.2) is 0 Å². The third-order valence-corrected chi connectivity index (χ3v) is 3.96. The van der Waals surface area contributed by atoms with Crippen LogP contribution in [-0.2, 0) is 6.54 Å². The molecule has 0 spiro atoms. The van der Waals surface area contributed by atoms with Crippen molar-refractivity contribution in [2.45, 2.75) is 19.0 Å². The topological polar surface area (TPSA) is 58.4 Å². The molecule has 1 N–H and O–H groups in total. The molecule has 2 rings (SSSR count). The Morgan fingerprint density at radius 2 is 2.39 bits per heavy atom. The van der Waals surface area contributed by atoms with Crippen LogP contribution in [0.15, 0.2) is 22.7 Å². The number of halogens is 1. The molecule has 0 bridgehead atoms. The van der Waals surface area contributed by atoms with Gasteiger partial charge in [0.1, 0.15) is 0 Å². The predicted octanol–water partition coefficient (Wildman–Crippen LogP) is 2.15. The summed E-state index contributed by atoms with van der Waals surface area (Å²) in [4.78, 5) is 12.5. The van der Waals surface area contributed by atoms with E-state index in [9.17, 15) is 10.1 Å². The first-order valence-electron chi connectivity index (χ1n) is 5.91. The van der Waals surface area contributed by atoms with Crippen LogP contribution in [0.3, 0.4) is 0 Å². The van der Waals surface area contributed by atoms with Gasteiger partial charge < -0.3 is 10.2 Å². The third-order valence-electron chi connectivity index (χ3n) is 3.22. The van der Waals surface area contributed by atoms with Gasteiger partial charge in [-0.2, -0.15) is 0 Å². The fourth-order valence-electron chi connectivity index (χ4n) is 2.15. The van der Waals surface area contributed by atoms with Gasteiger partial charge in [-0.25, -0.2) is 0 Å². The number of rotatable bonds is 4.